The number of nitrogens with zero attached hydrogens (tertiary/aromatic N) is 2. The summed E-state index contributed by atoms with van der Waals surface area (Å²) in [5, 5.41) is 0. The van der Waals surface area contributed by atoms with Gasteiger partial charge in [0.05, 0.1) is 10.6 Å². The van der Waals surface area contributed by atoms with Gasteiger partial charge in [-0.15, -0.1) is 0 Å². The van der Waals surface area contributed by atoms with Crippen molar-refractivity contribution in [3.05, 3.63) is 81.9 Å². The Kier molecular flexibility index (Phi) is 6.35. The van der Waals surface area contributed by atoms with Gasteiger partial charge in [0.2, 0.25) is 0 Å². The number of hydrogen-bond donors (Lipinski definition) is 1. The molecule has 3 rings (SSSR count). The highest BCUT2D eigenvalue weighted by molar-refractivity contribution is 14.1. The minimum absolute atomic E-state index is 0.195. The molecule has 0 aliphatic carbocycles. The smallest absolute Gasteiger partial charge is 0.261 e. The molecule has 0 radical (unpaired) electrons. The maximum atomic E-state index is 12.5. The molecule has 0 aliphatic rings. The predicted molar refractivity (Wildman–Crippen MR) is 124 cm³/mol. The van der Waals surface area contributed by atoms with E-state index >= 15 is 0 Å². The van der Waals surface area contributed by atoms with E-state index in [9.17, 15) is 8.42 Å². The Morgan fingerprint density at radius 1 is 0.893 bits per heavy atom. The third-order valence-electron chi connectivity index (χ3n) is 4.02. The largest absolute Gasteiger partial charge is 0.378 e. The Morgan fingerprint density at radius 3 is 2.07 bits per heavy atom. The van der Waals surface area contributed by atoms with Crippen LogP contribution in [0, 0.1) is 3.57 Å². The second kappa shape index (κ2) is 8.74. The number of sulfonamides is 1. The van der Waals surface area contributed by atoms with Crippen LogP contribution in [0.2, 0.25) is 0 Å². The normalized spacial score (nSPS) is 11.5. The van der Waals surface area contributed by atoms with E-state index < -0.39 is 10.0 Å². The fourth-order valence-electron chi connectivity index (χ4n) is 2.45. The molecular weight excluding hydrogens is 485 g/mol. The fourth-order valence-corrected chi connectivity index (χ4v) is 3.87. The van der Waals surface area contributed by atoms with Crippen molar-refractivity contribution in [1.29, 1.82) is 0 Å². The van der Waals surface area contributed by atoms with Gasteiger partial charge >= 0.3 is 0 Å². The van der Waals surface area contributed by atoms with Gasteiger partial charge in [-0.25, -0.2) is 8.42 Å². The Labute approximate surface area is 179 Å². The summed E-state index contributed by atoms with van der Waals surface area (Å²) in [6.07, 6.45) is 1.76. The zero-order valence-electron chi connectivity index (χ0n) is 15.5. The lowest BCUT2D eigenvalue weighted by atomic mass is 10.2. The highest BCUT2D eigenvalue weighted by Gasteiger charge is 2.13. The lowest BCUT2D eigenvalue weighted by Crippen LogP contribution is -2.12. The first-order chi connectivity index (χ1) is 13.3. The van der Waals surface area contributed by atoms with E-state index in [0.717, 1.165) is 14.8 Å². The predicted octanol–water partition coefficient (Wildman–Crippen LogP) is 4.91. The topological polar surface area (TPSA) is 61.8 Å². The van der Waals surface area contributed by atoms with Gasteiger partial charge in [-0.3, -0.25) is 9.71 Å². The summed E-state index contributed by atoms with van der Waals surface area (Å²) in [4.78, 5) is 6.64. The van der Waals surface area contributed by atoms with Crippen LogP contribution in [0.3, 0.4) is 0 Å². The van der Waals surface area contributed by atoms with Gasteiger partial charge in [-0.2, -0.15) is 0 Å². The average Bonchev–Trinajstić information content (AvgIpc) is 2.68. The summed E-state index contributed by atoms with van der Waals surface area (Å²) in [7, 11) is 0.352. The number of anilines is 2. The highest BCUT2D eigenvalue weighted by Crippen LogP contribution is 2.20. The van der Waals surface area contributed by atoms with Gasteiger partial charge in [-0.05, 0) is 88.8 Å². The quantitative estimate of drug-likeness (QED) is 0.383. The number of hydrogen-bond acceptors (Lipinski definition) is 4. The van der Waals surface area contributed by atoms with Crippen molar-refractivity contribution in [2.75, 3.05) is 23.7 Å². The first-order valence-corrected chi connectivity index (χ1v) is 11.1. The van der Waals surface area contributed by atoms with Crippen molar-refractivity contribution in [2.45, 2.75) is 4.90 Å². The van der Waals surface area contributed by atoms with Crippen molar-refractivity contribution in [2.24, 2.45) is 4.99 Å². The van der Waals surface area contributed by atoms with Crippen LogP contribution in [0.4, 0.5) is 17.1 Å². The van der Waals surface area contributed by atoms with Gasteiger partial charge in [0.15, 0.2) is 0 Å². The number of rotatable bonds is 6. The van der Waals surface area contributed by atoms with Gasteiger partial charge in [0, 0.05) is 35.3 Å². The molecule has 144 valence electrons. The molecule has 7 heteroatoms. The summed E-state index contributed by atoms with van der Waals surface area (Å²) in [5.74, 6) is 0. The second-order valence-corrected chi connectivity index (χ2v) is 9.28. The standard InChI is InChI=1S/C21H20IN3O2S/c1-25(2)20-11-3-16(4-12-20)15-23-18-9-13-21(14-10-18)28(26,27)24-19-7-5-17(22)6-8-19/h3-15,24H,1-2H3. The van der Waals surface area contributed by atoms with Crippen molar-refractivity contribution < 1.29 is 8.42 Å². The maximum absolute atomic E-state index is 12.5. The monoisotopic (exact) mass is 505 g/mol. The summed E-state index contributed by atoms with van der Waals surface area (Å²) < 4.78 is 28.6. The van der Waals surface area contributed by atoms with E-state index in [1.807, 2.05) is 55.4 Å². The maximum Gasteiger partial charge on any atom is 0.261 e. The van der Waals surface area contributed by atoms with E-state index in [0.29, 0.717) is 11.4 Å². The molecule has 0 saturated heterocycles. The number of benzene rings is 3. The van der Waals surface area contributed by atoms with Crippen LogP contribution < -0.4 is 9.62 Å². The van der Waals surface area contributed by atoms with Crippen LogP contribution in [0.1, 0.15) is 5.56 Å². The van der Waals surface area contributed by atoms with Crippen molar-refractivity contribution >= 4 is 55.9 Å². The van der Waals surface area contributed by atoms with E-state index in [-0.39, 0.29) is 4.90 Å². The van der Waals surface area contributed by atoms with Crippen LogP contribution >= 0.6 is 22.6 Å². The Balaban J connectivity index is 1.70. The first-order valence-electron chi connectivity index (χ1n) is 8.53. The zero-order chi connectivity index (χ0) is 20.1. The molecule has 0 amide bonds. The number of aliphatic imine (C=N–C) groups is 1. The summed E-state index contributed by atoms with van der Waals surface area (Å²) in [6, 6.07) is 21.7. The number of nitrogens with one attached hydrogen (secondary N) is 1. The molecule has 3 aromatic carbocycles. The van der Waals surface area contributed by atoms with E-state index in [1.54, 1.807) is 42.6 Å². The molecule has 0 atom stereocenters. The highest BCUT2D eigenvalue weighted by atomic mass is 127. The van der Waals surface area contributed by atoms with E-state index in [4.69, 9.17) is 0 Å². The molecule has 3 aromatic rings. The molecule has 5 nitrogen and oxygen atoms in total. The molecule has 0 fully saturated rings. The minimum atomic E-state index is -3.63. The molecule has 0 unspecified atom stereocenters. The van der Waals surface area contributed by atoms with Gasteiger partial charge < -0.3 is 4.90 Å². The van der Waals surface area contributed by atoms with Crippen molar-refractivity contribution in [1.82, 2.24) is 0 Å². The average molecular weight is 505 g/mol. The minimum Gasteiger partial charge on any atom is -0.378 e. The van der Waals surface area contributed by atoms with Crippen LogP contribution in [-0.4, -0.2) is 28.7 Å². The molecule has 0 bridgehead atoms. The lowest BCUT2D eigenvalue weighted by molar-refractivity contribution is 0.601. The molecule has 0 saturated carbocycles. The van der Waals surface area contributed by atoms with Gasteiger partial charge in [0.25, 0.3) is 10.0 Å². The third-order valence-corrected chi connectivity index (χ3v) is 6.13. The molecule has 28 heavy (non-hydrogen) atoms. The third kappa shape index (κ3) is 5.32. The molecule has 0 heterocycles. The van der Waals surface area contributed by atoms with Crippen molar-refractivity contribution in [3.8, 4) is 0 Å². The second-order valence-electron chi connectivity index (χ2n) is 6.35. The Hall–Kier alpha value is -2.39. The van der Waals surface area contributed by atoms with Gasteiger partial charge in [0.1, 0.15) is 0 Å². The van der Waals surface area contributed by atoms with Crippen LogP contribution in [0.15, 0.2) is 82.7 Å². The Morgan fingerprint density at radius 2 is 1.50 bits per heavy atom. The molecular formula is C21H20IN3O2S. The van der Waals surface area contributed by atoms with Crippen molar-refractivity contribution in [3.63, 3.8) is 0 Å². The summed E-state index contributed by atoms with van der Waals surface area (Å²) in [6.45, 7) is 0. The molecule has 0 spiro atoms. The summed E-state index contributed by atoms with van der Waals surface area (Å²) >= 11 is 2.17. The zero-order valence-corrected chi connectivity index (χ0v) is 18.5. The van der Waals surface area contributed by atoms with E-state index in [1.165, 1.54) is 0 Å². The van der Waals surface area contributed by atoms with Crippen LogP contribution in [-0.2, 0) is 10.0 Å². The summed E-state index contributed by atoms with van der Waals surface area (Å²) in [5.41, 5.74) is 3.31. The SMILES string of the molecule is CN(C)c1ccc(C=Nc2ccc(S(=O)(=O)Nc3ccc(I)cc3)cc2)cc1. The molecule has 1 N–H and O–H groups in total. The van der Waals surface area contributed by atoms with Crippen LogP contribution in [0.5, 0.6) is 0 Å². The number of halogens is 1. The molecule has 0 aliphatic heterocycles. The first kappa shape index (κ1) is 20.3. The van der Waals surface area contributed by atoms with Gasteiger partial charge in [-0.1, -0.05) is 12.1 Å². The Bertz CT molecular complexity index is 1060. The fraction of sp³-hybridized carbons (Fsp3) is 0.0952. The van der Waals surface area contributed by atoms with Crippen LogP contribution in [0.25, 0.3) is 0 Å². The van der Waals surface area contributed by atoms with E-state index in [2.05, 4.69) is 32.3 Å². The lowest BCUT2D eigenvalue weighted by Gasteiger charge is -2.11. The molecule has 0 aromatic heterocycles.